The minimum atomic E-state index is -1.97. The molecular weight excluding hydrogens is 296 g/mol. The van der Waals surface area contributed by atoms with Crippen LogP contribution in [-0.4, -0.2) is 36.0 Å². The Morgan fingerprint density at radius 1 is 1.22 bits per heavy atom. The van der Waals surface area contributed by atoms with E-state index in [9.17, 15) is 14.7 Å². The molecule has 2 amide bonds. The molecule has 1 aliphatic rings. The van der Waals surface area contributed by atoms with E-state index in [1.165, 1.54) is 39.2 Å². The highest BCUT2D eigenvalue weighted by molar-refractivity contribution is 5.88. The summed E-state index contributed by atoms with van der Waals surface area (Å²) in [4.78, 5) is 23.8. The highest BCUT2D eigenvalue weighted by Crippen LogP contribution is 2.27. The Bertz CT molecular complexity index is 394. The van der Waals surface area contributed by atoms with Crippen LogP contribution in [0.3, 0.4) is 0 Å². The quantitative estimate of drug-likeness (QED) is 0.627. The lowest BCUT2D eigenvalue weighted by atomic mass is 9.85. The average molecular weight is 328 g/mol. The van der Waals surface area contributed by atoms with Gasteiger partial charge in [0.2, 0.25) is 5.72 Å². The summed E-state index contributed by atoms with van der Waals surface area (Å²) in [5.74, 6) is -0.318. The van der Waals surface area contributed by atoms with Crippen molar-refractivity contribution >= 4 is 12.0 Å². The van der Waals surface area contributed by atoms with E-state index in [-0.39, 0.29) is 6.04 Å². The summed E-state index contributed by atoms with van der Waals surface area (Å²) in [5, 5.41) is 15.5. The predicted octanol–water partition coefficient (Wildman–Crippen LogP) is 2.55. The number of aliphatic hydroxyl groups is 1. The molecule has 0 radical (unpaired) electrons. The summed E-state index contributed by atoms with van der Waals surface area (Å²) in [6.45, 7) is 5.27. The number of nitrogens with one attached hydrogen (secondary N) is 2. The highest BCUT2D eigenvalue weighted by atomic mass is 16.5. The van der Waals surface area contributed by atoms with Crippen molar-refractivity contribution in [3.63, 3.8) is 0 Å². The van der Waals surface area contributed by atoms with Gasteiger partial charge in [0.1, 0.15) is 0 Å². The van der Waals surface area contributed by atoms with Crippen molar-refractivity contribution in [1.82, 2.24) is 10.6 Å². The van der Waals surface area contributed by atoms with Crippen molar-refractivity contribution in [1.29, 1.82) is 0 Å². The number of methoxy groups -OCH3 is 1. The number of amides is 2. The zero-order valence-electron chi connectivity index (χ0n) is 14.9. The van der Waals surface area contributed by atoms with Crippen molar-refractivity contribution < 1.29 is 19.4 Å². The van der Waals surface area contributed by atoms with E-state index in [2.05, 4.69) is 15.4 Å². The fourth-order valence-corrected chi connectivity index (χ4v) is 3.04. The van der Waals surface area contributed by atoms with Crippen LogP contribution >= 0.6 is 0 Å². The van der Waals surface area contributed by atoms with Gasteiger partial charge in [-0.15, -0.1) is 0 Å². The number of alkyl carbamates (subject to hydrolysis) is 1. The molecule has 0 aromatic carbocycles. The minimum absolute atomic E-state index is 0.0471. The van der Waals surface area contributed by atoms with Gasteiger partial charge in [-0.05, 0) is 25.7 Å². The third kappa shape index (κ3) is 6.01. The van der Waals surface area contributed by atoms with Crippen LogP contribution in [0.5, 0.6) is 0 Å². The molecule has 0 saturated heterocycles. The molecule has 6 heteroatoms. The van der Waals surface area contributed by atoms with Crippen LogP contribution in [0.25, 0.3) is 0 Å². The number of carbonyl (C=O) groups is 2. The Balaban J connectivity index is 2.51. The molecule has 1 fully saturated rings. The monoisotopic (exact) mass is 328 g/mol. The third-order valence-electron chi connectivity index (χ3n) is 4.77. The smallest absolute Gasteiger partial charge is 0.409 e. The van der Waals surface area contributed by atoms with Gasteiger partial charge < -0.3 is 15.2 Å². The Hall–Kier alpha value is -1.30. The maximum atomic E-state index is 12.4. The highest BCUT2D eigenvalue weighted by Gasteiger charge is 2.41. The molecule has 6 nitrogen and oxygen atoms in total. The van der Waals surface area contributed by atoms with Gasteiger partial charge in [-0.3, -0.25) is 10.1 Å². The van der Waals surface area contributed by atoms with Gasteiger partial charge in [-0.25, -0.2) is 4.79 Å². The van der Waals surface area contributed by atoms with Gasteiger partial charge in [0.05, 0.1) is 7.11 Å². The second-order valence-corrected chi connectivity index (χ2v) is 6.99. The number of hydrogen-bond donors (Lipinski definition) is 3. The van der Waals surface area contributed by atoms with Crippen LogP contribution in [0.2, 0.25) is 0 Å². The normalized spacial score (nSPS) is 19.7. The molecule has 2 atom stereocenters. The molecule has 0 aliphatic heterocycles. The zero-order valence-corrected chi connectivity index (χ0v) is 14.9. The number of carbonyl (C=O) groups excluding carboxylic acids is 2. The molecule has 3 N–H and O–H groups in total. The fraction of sp³-hybridized carbons (Fsp3) is 0.882. The first-order chi connectivity index (χ1) is 10.8. The van der Waals surface area contributed by atoms with Gasteiger partial charge in [0.25, 0.3) is 5.91 Å². The Morgan fingerprint density at radius 2 is 1.83 bits per heavy atom. The van der Waals surface area contributed by atoms with E-state index >= 15 is 0 Å². The molecule has 23 heavy (non-hydrogen) atoms. The van der Waals surface area contributed by atoms with Crippen LogP contribution in [0.1, 0.15) is 65.7 Å². The lowest BCUT2D eigenvalue weighted by Gasteiger charge is -2.32. The Morgan fingerprint density at radius 3 is 2.35 bits per heavy atom. The maximum absolute atomic E-state index is 12.4. The predicted molar refractivity (Wildman–Crippen MR) is 88.7 cm³/mol. The first-order valence-electron chi connectivity index (χ1n) is 8.69. The van der Waals surface area contributed by atoms with Gasteiger partial charge in [0.15, 0.2) is 0 Å². The van der Waals surface area contributed by atoms with E-state index in [4.69, 9.17) is 0 Å². The molecule has 0 bridgehead atoms. The molecule has 134 valence electrons. The maximum Gasteiger partial charge on any atom is 0.409 e. The van der Waals surface area contributed by atoms with Gasteiger partial charge >= 0.3 is 6.09 Å². The Labute approximate surface area is 139 Å². The second-order valence-electron chi connectivity index (χ2n) is 6.99. The first-order valence-corrected chi connectivity index (χ1v) is 8.69. The zero-order chi connectivity index (χ0) is 17.5. The van der Waals surface area contributed by atoms with Crippen LogP contribution in [-0.2, 0) is 9.53 Å². The summed E-state index contributed by atoms with van der Waals surface area (Å²) in [6.07, 6.45) is 7.65. The van der Waals surface area contributed by atoms with Crippen LogP contribution in [0.4, 0.5) is 4.79 Å². The lowest BCUT2D eigenvalue weighted by molar-refractivity contribution is -0.148. The minimum Gasteiger partial charge on any atom is -0.453 e. The molecule has 1 rings (SSSR count). The van der Waals surface area contributed by atoms with E-state index in [0.29, 0.717) is 0 Å². The molecule has 0 unspecified atom stereocenters. The fourth-order valence-electron chi connectivity index (χ4n) is 3.04. The number of ether oxygens (including phenoxy) is 1. The molecule has 1 aliphatic carbocycles. The SMILES string of the molecule is COC(=O)N[C@](O)(C(=O)N[C@@H](C)CCC1CCCCC1)C(C)C. The van der Waals surface area contributed by atoms with E-state index in [1.807, 2.05) is 6.92 Å². The van der Waals surface area contributed by atoms with E-state index in [1.54, 1.807) is 13.8 Å². The third-order valence-corrected chi connectivity index (χ3v) is 4.77. The molecule has 0 heterocycles. The molecule has 1 saturated carbocycles. The van der Waals surface area contributed by atoms with Gasteiger partial charge in [0, 0.05) is 12.0 Å². The van der Waals surface area contributed by atoms with Crippen molar-refractivity contribution in [3.05, 3.63) is 0 Å². The standard InChI is InChI=1S/C17H32N2O4/c1-12(2)17(22,19-16(21)23-4)15(20)18-13(3)10-11-14-8-6-5-7-9-14/h12-14,22H,5-11H2,1-4H3,(H,18,20)(H,19,21)/t13-,17+/m0/s1. The van der Waals surface area contributed by atoms with Crippen molar-refractivity contribution in [2.24, 2.45) is 11.8 Å². The summed E-state index contributed by atoms with van der Waals surface area (Å²) in [6, 6.07) is -0.0471. The first kappa shape index (κ1) is 19.7. The van der Waals surface area contributed by atoms with Crippen molar-refractivity contribution in [2.45, 2.75) is 77.5 Å². The van der Waals surface area contributed by atoms with Crippen LogP contribution in [0.15, 0.2) is 0 Å². The van der Waals surface area contributed by atoms with Crippen molar-refractivity contribution in [3.8, 4) is 0 Å². The summed E-state index contributed by atoms with van der Waals surface area (Å²) in [7, 11) is 1.20. The summed E-state index contributed by atoms with van der Waals surface area (Å²) >= 11 is 0. The lowest BCUT2D eigenvalue weighted by Crippen LogP contribution is -2.63. The molecule has 0 aromatic heterocycles. The number of hydrogen-bond acceptors (Lipinski definition) is 4. The van der Waals surface area contributed by atoms with E-state index in [0.717, 1.165) is 18.8 Å². The Kier molecular flexibility index (Phi) is 7.82. The van der Waals surface area contributed by atoms with Crippen molar-refractivity contribution in [2.75, 3.05) is 7.11 Å². The van der Waals surface area contributed by atoms with E-state index < -0.39 is 23.6 Å². The summed E-state index contributed by atoms with van der Waals surface area (Å²) in [5.41, 5.74) is -1.97. The molecule has 0 aromatic rings. The largest absolute Gasteiger partial charge is 0.453 e. The molecule has 0 spiro atoms. The summed E-state index contributed by atoms with van der Waals surface area (Å²) < 4.78 is 4.49. The van der Waals surface area contributed by atoms with Crippen LogP contribution < -0.4 is 10.6 Å². The average Bonchev–Trinajstić information content (AvgIpc) is 2.53. The molecular formula is C17H32N2O4. The van der Waals surface area contributed by atoms with Gasteiger partial charge in [-0.2, -0.15) is 0 Å². The topological polar surface area (TPSA) is 87.7 Å². The van der Waals surface area contributed by atoms with Crippen LogP contribution in [0, 0.1) is 11.8 Å². The van der Waals surface area contributed by atoms with Gasteiger partial charge in [-0.1, -0.05) is 46.0 Å². The second kappa shape index (κ2) is 9.11. The number of rotatable bonds is 7.